The third-order valence-electron chi connectivity index (χ3n) is 3.12. The molecule has 1 atom stereocenters. The lowest BCUT2D eigenvalue weighted by molar-refractivity contribution is 0.325. The maximum Gasteiger partial charge on any atom is 0.244 e. The summed E-state index contributed by atoms with van der Waals surface area (Å²) in [4.78, 5) is -0.357. The molecular weight excluding hydrogens is 281 g/mol. The van der Waals surface area contributed by atoms with Gasteiger partial charge in [-0.15, -0.1) is 0 Å². The number of hydrogen-bond donors (Lipinski definition) is 1. The summed E-state index contributed by atoms with van der Waals surface area (Å²) in [6.45, 7) is 0.201. The molecule has 2 aromatic carbocycles. The standard InChI is InChI=1S/C14H12FNO3S/c15-11-6-2-4-8-14(11)20(17,18)16-12-9-19-13-7-3-1-5-10(12)13/h1-8,12,16H,9H2. The van der Waals surface area contributed by atoms with E-state index >= 15 is 0 Å². The van der Waals surface area contributed by atoms with Crippen LogP contribution in [0.1, 0.15) is 11.6 Å². The molecule has 0 fully saturated rings. The van der Waals surface area contributed by atoms with Gasteiger partial charge < -0.3 is 4.74 Å². The van der Waals surface area contributed by atoms with Crippen LogP contribution >= 0.6 is 0 Å². The molecule has 0 bridgehead atoms. The summed E-state index contributed by atoms with van der Waals surface area (Å²) in [7, 11) is -3.92. The Morgan fingerprint density at radius 1 is 1.10 bits per heavy atom. The van der Waals surface area contributed by atoms with E-state index in [2.05, 4.69) is 4.72 Å². The summed E-state index contributed by atoms with van der Waals surface area (Å²) in [5.74, 6) is -0.124. The molecule has 20 heavy (non-hydrogen) atoms. The van der Waals surface area contributed by atoms with Crippen LogP contribution in [-0.4, -0.2) is 15.0 Å². The van der Waals surface area contributed by atoms with Crippen molar-refractivity contribution in [1.29, 1.82) is 0 Å². The fourth-order valence-electron chi connectivity index (χ4n) is 2.17. The fourth-order valence-corrected chi connectivity index (χ4v) is 3.45. The minimum Gasteiger partial charge on any atom is -0.491 e. The zero-order valence-electron chi connectivity index (χ0n) is 10.4. The average Bonchev–Trinajstić information content (AvgIpc) is 2.82. The van der Waals surface area contributed by atoms with Crippen molar-refractivity contribution in [3.8, 4) is 5.75 Å². The van der Waals surface area contributed by atoms with Crippen molar-refractivity contribution in [1.82, 2.24) is 4.72 Å². The Balaban J connectivity index is 1.91. The first kappa shape index (κ1) is 13.1. The molecular formula is C14H12FNO3S. The Kier molecular flexibility index (Phi) is 3.19. The monoisotopic (exact) mass is 293 g/mol. The first-order chi connectivity index (χ1) is 9.58. The van der Waals surface area contributed by atoms with Gasteiger partial charge in [0.25, 0.3) is 0 Å². The zero-order valence-corrected chi connectivity index (χ0v) is 11.2. The number of halogens is 1. The molecule has 1 heterocycles. The van der Waals surface area contributed by atoms with Crippen LogP contribution in [0.3, 0.4) is 0 Å². The van der Waals surface area contributed by atoms with Gasteiger partial charge in [0.15, 0.2) is 0 Å². The Morgan fingerprint density at radius 3 is 2.60 bits per heavy atom. The quantitative estimate of drug-likeness (QED) is 0.944. The normalized spacial score (nSPS) is 17.6. The summed E-state index contributed by atoms with van der Waals surface area (Å²) in [6, 6.07) is 12.0. The Labute approximate surface area is 116 Å². The van der Waals surface area contributed by atoms with Crippen LogP contribution in [-0.2, 0) is 10.0 Å². The van der Waals surface area contributed by atoms with Gasteiger partial charge in [0, 0.05) is 5.56 Å². The third kappa shape index (κ3) is 2.28. The number of rotatable bonds is 3. The topological polar surface area (TPSA) is 55.4 Å². The number of fused-ring (bicyclic) bond motifs is 1. The average molecular weight is 293 g/mol. The van der Waals surface area contributed by atoms with Crippen molar-refractivity contribution in [2.75, 3.05) is 6.61 Å². The fraction of sp³-hybridized carbons (Fsp3) is 0.143. The van der Waals surface area contributed by atoms with E-state index in [0.717, 1.165) is 11.6 Å². The molecule has 0 amide bonds. The summed E-state index contributed by atoms with van der Waals surface area (Å²) in [6.07, 6.45) is 0. The zero-order chi connectivity index (χ0) is 14.2. The van der Waals surface area contributed by atoms with E-state index in [-0.39, 0.29) is 11.5 Å². The second-order valence-corrected chi connectivity index (χ2v) is 6.14. The van der Waals surface area contributed by atoms with Crippen LogP contribution in [0.15, 0.2) is 53.4 Å². The van der Waals surface area contributed by atoms with Crippen LogP contribution < -0.4 is 9.46 Å². The largest absolute Gasteiger partial charge is 0.491 e. The van der Waals surface area contributed by atoms with Gasteiger partial charge in [0.05, 0.1) is 6.04 Å². The van der Waals surface area contributed by atoms with Crippen molar-refractivity contribution in [3.63, 3.8) is 0 Å². The molecule has 4 nitrogen and oxygen atoms in total. The Bertz CT molecular complexity index is 746. The van der Waals surface area contributed by atoms with Crippen LogP contribution in [0.25, 0.3) is 0 Å². The van der Waals surface area contributed by atoms with E-state index in [1.54, 1.807) is 18.2 Å². The highest BCUT2D eigenvalue weighted by atomic mass is 32.2. The van der Waals surface area contributed by atoms with Gasteiger partial charge in [-0.05, 0) is 18.2 Å². The number of ether oxygens (including phenoxy) is 1. The second-order valence-electron chi connectivity index (χ2n) is 4.45. The Morgan fingerprint density at radius 2 is 1.80 bits per heavy atom. The molecule has 2 aromatic rings. The van der Waals surface area contributed by atoms with Crippen LogP contribution in [0.2, 0.25) is 0 Å². The van der Waals surface area contributed by atoms with E-state index in [4.69, 9.17) is 4.74 Å². The predicted molar refractivity (Wildman–Crippen MR) is 71.4 cm³/mol. The second kappa shape index (κ2) is 4.88. The van der Waals surface area contributed by atoms with Gasteiger partial charge in [-0.3, -0.25) is 0 Å². The van der Waals surface area contributed by atoms with E-state index in [1.165, 1.54) is 18.2 Å². The molecule has 0 saturated carbocycles. The molecule has 6 heteroatoms. The lowest BCUT2D eigenvalue weighted by Crippen LogP contribution is -2.30. The van der Waals surface area contributed by atoms with Crippen molar-refractivity contribution in [2.45, 2.75) is 10.9 Å². The summed E-state index contributed by atoms with van der Waals surface area (Å²) in [5, 5.41) is 0. The summed E-state index contributed by atoms with van der Waals surface area (Å²) >= 11 is 0. The molecule has 1 N–H and O–H groups in total. The van der Waals surface area contributed by atoms with Gasteiger partial charge >= 0.3 is 0 Å². The van der Waals surface area contributed by atoms with Gasteiger partial charge in [-0.1, -0.05) is 30.3 Å². The van der Waals surface area contributed by atoms with Crippen molar-refractivity contribution in [3.05, 3.63) is 59.9 Å². The molecule has 1 aliphatic rings. The van der Waals surface area contributed by atoms with Crippen LogP contribution in [0.5, 0.6) is 5.75 Å². The molecule has 0 radical (unpaired) electrons. The third-order valence-corrected chi connectivity index (χ3v) is 4.63. The highest BCUT2D eigenvalue weighted by molar-refractivity contribution is 7.89. The number of hydrogen-bond acceptors (Lipinski definition) is 3. The molecule has 104 valence electrons. The van der Waals surface area contributed by atoms with Gasteiger partial charge in [-0.2, -0.15) is 4.72 Å². The highest BCUT2D eigenvalue weighted by Crippen LogP contribution is 2.32. The molecule has 0 aromatic heterocycles. The number of sulfonamides is 1. The molecule has 1 unspecified atom stereocenters. The summed E-state index contributed by atoms with van der Waals surface area (Å²) in [5.41, 5.74) is 0.757. The highest BCUT2D eigenvalue weighted by Gasteiger charge is 2.29. The van der Waals surface area contributed by atoms with Gasteiger partial charge in [0.1, 0.15) is 23.1 Å². The minimum atomic E-state index is -3.92. The van der Waals surface area contributed by atoms with Crippen LogP contribution in [0.4, 0.5) is 4.39 Å². The maximum atomic E-state index is 13.6. The lowest BCUT2D eigenvalue weighted by Gasteiger charge is -2.12. The predicted octanol–water partition coefficient (Wildman–Crippen LogP) is 2.24. The minimum absolute atomic E-state index is 0.201. The van der Waals surface area contributed by atoms with E-state index < -0.39 is 21.9 Å². The van der Waals surface area contributed by atoms with E-state index in [0.29, 0.717) is 5.75 Å². The number of para-hydroxylation sites is 1. The van der Waals surface area contributed by atoms with Crippen molar-refractivity contribution >= 4 is 10.0 Å². The first-order valence-corrected chi connectivity index (χ1v) is 7.55. The van der Waals surface area contributed by atoms with Crippen molar-refractivity contribution < 1.29 is 17.5 Å². The smallest absolute Gasteiger partial charge is 0.244 e. The van der Waals surface area contributed by atoms with Crippen molar-refractivity contribution in [2.24, 2.45) is 0 Å². The Hall–Kier alpha value is -1.92. The number of benzene rings is 2. The summed E-state index contributed by atoms with van der Waals surface area (Å²) < 4.78 is 45.9. The molecule has 3 rings (SSSR count). The van der Waals surface area contributed by atoms with Gasteiger partial charge in [0.2, 0.25) is 10.0 Å². The van der Waals surface area contributed by atoms with E-state index in [1.807, 2.05) is 6.07 Å². The molecule has 0 spiro atoms. The van der Waals surface area contributed by atoms with Gasteiger partial charge in [-0.25, -0.2) is 12.8 Å². The number of nitrogens with one attached hydrogen (secondary N) is 1. The molecule has 0 aliphatic carbocycles. The molecule has 0 saturated heterocycles. The first-order valence-electron chi connectivity index (χ1n) is 6.06. The van der Waals surface area contributed by atoms with E-state index in [9.17, 15) is 12.8 Å². The van der Waals surface area contributed by atoms with Crippen LogP contribution in [0, 0.1) is 5.82 Å². The molecule has 1 aliphatic heterocycles. The maximum absolute atomic E-state index is 13.6. The SMILES string of the molecule is O=S(=O)(NC1COc2ccccc21)c1ccccc1F. The lowest BCUT2D eigenvalue weighted by atomic mass is 10.1.